The number of quaternary nitrogens is 1. The van der Waals surface area contributed by atoms with Crippen LogP contribution in [0, 0.1) is 0 Å². The lowest BCUT2D eigenvalue weighted by Crippen LogP contribution is -3.14. The molecule has 0 unspecified atom stereocenters. The van der Waals surface area contributed by atoms with Gasteiger partial charge in [0, 0.05) is 24.2 Å². The first-order valence-electron chi connectivity index (χ1n) is 8.60. The van der Waals surface area contributed by atoms with Gasteiger partial charge < -0.3 is 15.4 Å². The lowest BCUT2D eigenvalue weighted by Gasteiger charge is -2.24. The highest BCUT2D eigenvalue weighted by molar-refractivity contribution is 7.99. The molecule has 2 heterocycles. The summed E-state index contributed by atoms with van der Waals surface area (Å²) in [4.78, 5) is 29.2. The van der Waals surface area contributed by atoms with E-state index in [9.17, 15) is 9.59 Å². The number of aromatic nitrogens is 2. The van der Waals surface area contributed by atoms with Crippen LogP contribution in [0.3, 0.4) is 0 Å². The van der Waals surface area contributed by atoms with Gasteiger partial charge in [0.05, 0.1) is 25.5 Å². The normalized spacial score (nSPS) is 17.8. The fraction of sp³-hybridized carbons (Fsp3) is 0.688. The lowest BCUT2D eigenvalue weighted by atomic mass is 10.2. The number of thioether (sulfide) groups is 1. The van der Waals surface area contributed by atoms with Gasteiger partial charge in [0.1, 0.15) is 18.1 Å². The number of nitrogens with two attached hydrogens (primary N) is 1. The fourth-order valence-corrected chi connectivity index (χ4v) is 4.29. The minimum atomic E-state index is -0.383. The summed E-state index contributed by atoms with van der Waals surface area (Å²) in [6, 6.07) is 0. The van der Waals surface area contributed by atoms with Crippen LogP contribution < -0.4 is 16.3 Å². The Balaban J connectivity index is 1.68. The van der Waals surface area contributed by atoms with E-state index >= 15 is 0 Å². The van der Waals surface area contributed by atoms with E-state index in [0.717, 1.165) is 76.3 Å². The van der Waals surface area contributed by atoms with E-state index in [2.05, 4.69) is 4.98 Å². The molecule has 0 bridgehead atoms. The summed E-state index contributed by atoms with van der Waals surface area (Å²) in [6.45, 7) is 5.54. The third-order valence-electron chi connectivity index (χ3n) is 4.66. The summed E-state index contributed by atoms with van der Waals surface area (Å²) in [5, 5.41) is 0.696. The largest absolute Gasteiger partial charge is 0.370 e. The first-order chi connectivity index (χ1) is 11.6. The van der Waals surface area contributed by atoms with Crippen LogP contribution in [0.4, 0.5) is 0 Å². The van der Waals surface area contributed by atoms with Crippen molar-refractivity contribution in [2.45, 2.75) is 37.3 Å². The molecule has 0 radical (unpaired) electrons. The number of primary amides is 1. The molecule has 8 heteroatoms. The van der Waals surface area contributed by atoms with Crippen molar-refractivity contribution in [1.82, 2.24) is 9.55 Å². The Morgan fingerprint density at radius 3 is 2.88 bits per heavy atom. The van der Waals surface area contributed by atoms with Gasteiger partial charge in [0.15, 0.2) is 0 Å². The average Bonchev–Trinajstić information content (AvgIpc) is 3.05. The van der Waals surface area contributed by atoms with Crippen molar-refractivity contribution in [3.63, 3.8) is 0 Å². The Morgan fingerprint density at radius 1 is 1.33 bits per heavy atom. The number of carbonyl (C=O) groups is 1. The molecule has 1 fully saturated rings. The van der Waals surface area contributed by atoms with Crippen molar-refractivity contribution < 1.29 is 14.4 Å². The summed E-state index contributed by atoms with van der Waals surface area (Å²) in [5.74, 6) is -0.213. The predicted octanol–water partition coefficient (Wildman–Crippen LogP) is -1.39. The number of amides is 1. The molecule has 24 heavy (non-hydrogen) atoms. The molecule has 0 saturated carbocycles. The first-order valence-corrected chi connectivity index (χ1v) is 9.58. The van der Waals surface area contributed by atoms with Gasteiger partial charge in [-0.3, -0.25) is 9.36 Å². The van der Waals surface area contributed by atoms with E-state index in [1.54, 1.807) is 4.90 Å². The van der Waals surface area contributed by atoms with Gasteiger partial charge >= 0.3 is 5.69 Å². The molecule has 2 aliphatic rings. The first kappa shape index (κ1) is 17.4. The van der Waals surface area contributed by atoms with Crippen LogP contribution in [0.2, 0.25) is 0 Å². The molecule has 1 aliphatic carbocycles. The number of nitrogens with one attached hydrogen (secondary N) is 1. The highest BCUT2D eigenvalue weighted by Gasteiger charge is 2.22. The van der Waals surface area contributed by atoms with Crippen LogP contribution >= 0.6 is 11.8 Å². The number of ether oxygens (including phenoxy) is 1. The summed E-state index contributed by atoms with van der Waals surface area (Å²) in [5.41, 5.74) is 7.26. The van der Waals surface area contributed by atoms with Gasteiger partial charge in [-0.2, -0.15) is 4.98 Å². The summed E-state index contributed by atoms with van der Waals surface area (Å²) in [7, 11) is 0. The zero-order valence-electron chi connectivity index (χ0n) is 13.9. The van der Waals surface area contributed by atoms with Gasteiger partial charge in [-0.05, 0) is 19.3 Å². The Morgan fingerprint density at radius 2 is 2.12 bits per heavy atom. The second-order valence-electron chi connectivity index (χ2n) is 6.35. The number of fused-ring (bicyclic) bond motifs is 1. The standard InChI is InChI=1S/C16H24N4O3S/c17-14(21)11-24-15-12-3-1-4-13(12)20(16(22)18-15)6-2-5-19-7-9-23-10-8-19/h1-11H2,(H2,17,21)/p+1. The minimum absolute atomic E-state index is 0.170. The molecule has 1 aliphatic heterocycles. The topological polar surface area (TPSA) is 91.7 Å². The summed E-state index contributed by atoms with van der Waals surface area (Å²) >= 11 is 1.29. The Kier molecular flexibility index (Phi) is 5.91. The van der Waals surface area contributed by atoms with E-state index in [-0.39, 0.29) is 17.3 Å². The van der Waals surface area contributed by atoms with Gasteiger partial charge in [0.2, 0.25) is 5.91 Å². The van der Waals surface area contributed by atoms with Crippen molar-refractivity contribution in [2.24, 2.45) is 5.73 Å². The predicted molar refractivity (Wildman–Crippen MR) is 91.4 cm³/mol. The van der Waals surface area contributed by atoms with Crippen LogP contribution in [0.1, 0.15) is 24.1 Å². The van der Waals surface area contributed by atoms with Crippen LogP contribution in [-0.2, 0) is 28.9 Å². The molecule has 1 amide bonds. The smallest absolute Gasteiger partial charge is 0.348 e. The fourth-order valence-electron chi connectivity index (χ4n) is 3.47. The van der Waals surface area contributed by atoms with Crippen molar-refractivity contribution in [3.05, 3.63) is 21.7 Å². The molecule has 7 nitrogen and oxygen atoms in total. The third-order valence-corrected chi connectivity index (χ3v) is 5.70. The van der Waals surface area contributed by atoms with Crippen molar-refractivity contribution in [3.8, 4) is 0 Å². The van der Waals surface area contributed by atoms with E-state index in [0.29, 0.717) is 5.03 Å². The Bertz CT molecular complexity index is 655. The van der Waals surface area contributed by atoms with Crippen LogP contribution in [0.5, 0.6) is 0 Å². The molecule has 1 aromatic heterocycles. The molecule has 3 N–H and O–H groups in total. The molecule has 1 saturated heterocycles. The summed E-state index contributed by atoms with van der Waals surface area (Å²) < 4.78 is 7.22. The monoisotopic (exact) mass is 353 g/mol. The van der Waals surface area contributed by atoms with Crippen molar-refractivity contribution in [2.75, 3.05) is 38.6 Å². The van der Waals surface area contributed by atoms with Gasteiger partial charge in [-0.15, -0.1) is 0 Å². The van der Waals surface area contributed by atoms with Gasteiger partial charge in [-0.25, -0.2) is 4.79 Å². The molecule has 3 rings (SSSR count). The van der Waals surface area contributed by atoms with Gasteiger partial charge in [0.25, 0.3) is 0 Å². The maximum atomic E-state index is 12.4. The minimum Gasteiger partial charge on any atom is -0.370 e. The Labute approximate surface area is 145 Å². The highest BCUT2D eigenvalue weighted by Crippen LogP contribution is 2.28. The molecule has 0 aromatic carbocycles. The molecule has 132 valence electrons. The zero-order valence-corrected chi connectivity index (χ0v) is 14.7. The van der Waals surface area contributed by atoms with Crippen molar-refractivity contribution in [1.29, 1.82) is 0 Å². The SMILES string of the molecule is NC(=O)CSc1nc(=O)n(CCC[NH+]2CCOCC2)c2c1CCC2. The number of nitrogens with zero attached hydrogens (tertiary/aromatic N) is 2. The third kappa shape index (κ3) is 4.17. The number of hydrogen-bond donors (Lipinski definition) is 2. The van der Waals surface area contributed by atoms with Crippen LogP contribution in [0.15, 0.2) is 9.82 Å². The summed E-state index contributed by atoms with van der Waals surface area (Å²) in [6.07, 6.45) is 3.86. The van der Waals surface area contributed by atoms with E-state index in [1.807, 2.05) is 4.57 Å². The van der Waals surface area contributed by atoms with Gasteiger partial charge in [-0.1, -0.05) is 11.8 Å². The number of rotatable bonds is 7. The molecular weight excluding hydrogens is 328 g/mol. The zero-order chi connectivity index (χ0) is 16.9. The molecule has 0 spiro atoms. The number of morpholine rings is 1. The molecule has 1 aromatic rings. The number of hydrogen-bond acceptors (Lipinski definition) is 5. The maximum absolute atomic E-state index is 12.4. The van der Waals surface area contributed by atoms with E-state index < -0.39 is 0 Å². The van der Waals surface area contributed by atoms with Crippen molar-refractivity contribution >= 4 is 17.7 Å². The second-order valence-corrected chi connectivity index (χ2v) is 7.31. The quantitative estimate of drug-likeness (QED) is 0.465. The molecular formula is C16H25N4O3S+. The average molecular weight is 353 g/mol. The van der Waals surface area contributed by atoms with Crippen LogP contribution in [0.25, 0.3) is 0 Å². The second kappa shape index (κ2) is 8.13. The van der Waals surface area contributed by atoms with E-state index in [4.69, 9.17) is 10.5 Å². The highest BCUT2D eigenvalue weighted by atomic mass is 32.2. The van der Waals surface area contributed by atoms with E-state index in [1.165, 1.54) is 11.8 Å². The lowest BCUT2D eigenvalue weighted by molar-refractivity contribution is -0.908. The molecule has 0 atom stereocenters. The maximum Gasteiger partial charge on any atom is 0.348 e. The Hall–Kier alpha value is -1.38. The van der Waals surface area contributed by atoms with Crippen LogP contribution in [-0.4, -0.2) is 54.1 Å². The number of carbonyl (C=O) groups excluding carboxylic acids is 1.